The first kappa shape index (κ1) is 23.1. The van der Waals surface area contributed by atoms with Gasteiger partial charge in [0.25, 0.3) is 0 Å². The topological polar surface area (TPSA) is 58.1 Å². The minimum atomic E-state index is -0.130. The van der Waals surface area contributed by atoms with Gasteiger partial charge < -0.3 is 20.1 Å². The molecule has 1 fully saturated rings. The Bertz CT molecular complexity index is 679. The molecule has 1 aromatic rings. The van der Waals surface area contributed by atoms with Crippen LogP contribution in [0.15, 0.2) is 35.8 Å². The molecule has 1 aliphatic rings. The zero-order chi connectivity index (χ0) is 21.3. The number of aliphatic imine (C=N–C) groups is 1. The maximum atomic E-state index is 5.47. The Kier molecular flexibility index (Phi) is 8.83. The largest absolute Gasteiger partial charge is 0.493 e. The lowest BCUT2D eigenvalue weighted by atomic mass is 9.84. The van der Waals surface area contributed by atoms with Crippen LogP contribution in [-0.2, 0) is 5.41 Å². The van der Waals surface area contributed by atoms with Crippen molar-refractivity contribution in [3.05, 3.63) is 36.4 Å². The van der Waals surface area contributed by atoms with Crippen LogP contribution in [0, 0.1) is 0 Å². The molecule has 0 radical (unpaired) electrons. The van der Waals surface area contributed by atoms with Crippen molar-refractivity contribution in [1.82, 2.24) is 15.5 Å². The molecule has 2 rings (SSSR count). The van der Waals surface area contributed by atoms with E-state index in [-0.39, 0.29) is 5.41 Å². The molecule has 6 nitrogen and oxygen atoms in total. The SMILES string of the molecule is C=CCN1CCC(NC(=NCC(C)(C)c2ccc(OC)c(OC)c2)NCC)CC1. The first-order valence-electron chi connectivity index (χ1n) is 10.5. The van der Waals surface area contributed by atoms with Crippen molar-refractivity contribution in [3.8, 4) is 11.5 Å². The first-order valence-corrected chi connectivity index (χ1v) is 10.5. The Balaban J connectivity index is 2.03. The van der Waals surface area contributed by atoms with Gasteiger partial charge in [-0.2, -0.15) is 0 Å². The number of nitrogens with zero attached hydrogens (tertiary/aromatic N) is 2. The highest BCUT2D eigenvalue weighted by molar-refractivity contribution is 5.80. The van der Waals surface area contributed by atoms with Gasteiger partial charge in [-0.25, -0.2) is 0 Å². The van der Waals surface area contributed by atoms with Crippen molar-refractivity contribution in [2.75, 3.05) is 46.9 Å². The smallest absolute Gasteiger partial charge is 0.191 e. The Morgan fingerprint density at radius 1 is 1.24 bits per heavy atom. The predicted molar refractivity (Wildman–Crippen MR) is 121 cm³/mol. The van der Waals surface area contributed by atoms with Crippen molar-refractivity contribution in [3.63, 3.8) is 0 Å². The lowest BCUT2D eigenvalue weighted by molar-refractivity contribution is 0.225. The number of piperidine rings is 1. The van der Waals surface area contributed by atoms with Gasteiger partial charge in [0.15, 0.2) is 17.5 Å². The number of hydrogen-bond donors (Lipinski definition) is 2. The van der Waals surface area contributed by atoms with E-state index in [1.54, 1.807) is 14.2 Å². The van der Waals surface area contributed by atoms with E-state index in [0.29, 0.717) is 12.6 Å². The molecule has 2 N–H and O–H groups in total. The Labute approximate surface area is 176 Å². The van der Waals surface area contributed by atoms with Gasteiger partial charge in [-0.3, -0.25) is 9.89 Å². The maximum absolute atomic E-state index is 5.47. The van der Waals surface area contributed by atoms with E-state index in [2.05, 4.69) is 49.0 Å². The Morgan fingerprint density at radius 2 is 1.93 bits per heavy atom. The molecule has 162 valence electrons. The summed E-state index contributed by atoms with van der Waals surface area (Å²) in [6.45, 7) is 15.0. The second kappa shape index (κ2) is 11.1. The molecule has 0 aliphatic carbocycles. The summed E-state index contributed by atoms with van der Waals surface area (Å²) in [5.74, 6) is 2.38. The van der Waals surface area contributed by atoms with Crippen molar-refractivity contribution in [1.29, 1.82) is 0 Å². The van der Waals surface area contributed by atoms with Crippen LogP contribution in [-0.4, -0.2) is 63.8 Å². The molecule has 0 aromatic heterocycles. The molecule has 0 saturated carbocycles. The number of ether oxygens (including phenoxy) is 2. The third-order valence-electron chi connectivity index (χ3n) is 5.46. The fraction of sp³-hybridized carbons (Fsp3) is 0.609. The summed E-state index contributed by atoms with van der Waals surface area (Å²) < 4.78 is 10.8. The number of nitrogens with one attached hydrogen (secondary N) is 2. The van der Waals surface area contributed by atoms with Crippen LogP contribution >= 0.6 is 0 Å². The zero-order valence-corrected chi connectivity index (χ0v) is 18.8. The average Bonchev–Trinajstić information content (AvgIpc) is 2.73. The fourth-order valence-electron chi connectivity index (χ4n) is 3.58. The fourth-order valence-corrected chi connectivity index (χ4v) is 3.58. The monoisotopic (exact) mass is 402 g/mol. The summed E-state index contributed by atoms with van der Waals surface area (Å²) in [6.07, 6.45) is 4.23. The number of benzene rings is 1. The second-order valence-corrected chi connectivity index (χ2v) is 8.16. The average molecular weight is 403 g/mol. The third kappa shape index (κ3) is 6.67. The van der Waals surface area contributed by atoms with Gasteiger partial charge in [0, 0.05) is 37.6 Å². The highest BCUT2D eigenvalue weighted by atomic mass is 16.5. The highest BCUT2D eigenvalue weighted by Gasteiger charge is 2.23. The van der Waals surface area contributed by atoms with Gasteiger partial charge in [-0.05, 0) is 37.5 Å². The molecule has 29 heavy (non-hydrogen) atoms. The van der Waals surface area contributed by atoms with Crippen LogP contribution < -0.4 is 20.1 Å². The summed E-state index contributed by atoms with van der Waals surface area (Å²) in [5.41, 5.74) is 1.04. The van der Waals surface area contributed by atoms with Crippen LogP contribution in [0.4, 0.5) is 0 Å². The normalized spacial score (nSPS) is 16.4. The number of guanidine groups is 1. The molecule has 0 amide bonds. The lowest BCUT2D eigenvalue weighted by Gasteiger charge is -2.32. The van der Waals surface area contributed by atoms with Gasteiger partial charge >= 0.3 is 0 Å². The Hall–Kier alpha value is -2.21. The van der Waals surface area contributed by atoms with Gasteiger partial charge in [0.1, 0.15) is 0 Å². The molecule has 0 bridgehead atoms. The summed E-state index contributed by atoms with van der Waals surface area (Å²) in [7, 11) is 3.32. The van der Waals surface area contributed by atoms with Crippen LogP contribution in [0.3, 0.4) is 0 Å². The van der Waals surface area contributed by atoms with E-state index in [9.17, 15) is 0 Å². The summed E-state index contributed by atoms with van der Waals surface area (Å²) in [5, 5.41) is 7.02. The van der Waals surface area contributed by atoms with Crippen molar-refractivity contribution >= 4 is 5.96 Å². The molecule has 6 heteroatoms. The first-order chi connectivity index (χ1) is 13.9. The van der Waals surface area contributed by atoms with Gasteiger partial charge in [-0.15, -0.1) is 6.58 Å². The van der Waals surface area contributed by atoms with Crippen LogP contribution in [0.25, 0.3) is 0 Å². The number of rotatable bonds is 9. The highest BCUT2D eigenvalue weighted by Crippen LogP contribution is 2.33. The molecule has 0 atom stereocenters. The zero-order valence-electron chi connectivity index (χ0n) is 18.8. The van der Waals surface area contributed by atoms with Gasteiger partial charge in [-0.1, -0.05) is 26.0 Å². The van der Waals surface area contributed by atoms with Crippen molar-refractivity contribution in [2.45, 2.75) is 45.1 Å². The van der Waals surface area contributed by atoms with E-state index in [4.69, 9.17) is 14.5 Å². The second-order valence-electron chi connectivity index (χ2n) is 8.16. The molecule has 0 spiro atoms. The molecular formula is C23H38N4O2. The molecule has 1 saturated heterocycles. The minimum absolute atomic E-state index is 0.130. The van der Waals surface area contributed by atoms with Gasteiger partial charge in [0.05, 0.1) is 20.8 Å². The molecule has 1 heterocycles. The van der Waals surface area contributed by atoms with E-state index in [1.807, 2.05) is 18.2 Å². The van der Waals surface area contributed by atoms with E-state index < -0.39 is 0 Å². The summed E-state index contributed by atoms with van der Waals surface area (Å²) in [4.78, 5) is 7.34. The quantitative estimate of drug-likeness (QED) is 0.377. The van der Waals surface area contributed by atoms with Gasteiger partial charge in [0.2, 0.25) is 0 Å². The van der Waals surface area contributed by atoms with E-state index in [0.717, 1.165) is 56.5 Å². The summed E-state index contributed by atoms with van der Waals surface area (Å²) in [6, 6.07) is 6.55. The number of hydrogen-bond acceptors (Lipinski definition) is 4. The van der Waals surface area contributed by atoms with E-state index in [1.165, 1.54) is 5.56 Å². The van der Waals surface area contributed by atoms with Crippen molar-refractivity contribution < 1.29 is 9.47 Å². The molecule has 0 unspecified atom stereocenters. The number of methoxy groups -OCH3 is 2. The molecular weight excluding hydrogens is 364 g/mol. The van der Waals surface area contributed by atoms with Crippen LogP contribution in [0.5, 0.6) is 11.5 Å². The molecule has 1 aromatic carbocycles. The number of likely N-dealkylation sites (tertiary alicyclic amines) is 1. The predicted octanol–water partition coefficient (Wildman–Crippen LogP) is 3.19. The minimum Gasteiger partial charge on any atom is -0.493 e. The van der Waals surface area contributed by atoms with Crippen LogP contribution in [0.2, 0.25) is 0 Å². The maximum Gasteiger partial charge on any atom is 0.191 e. The van der Waals surface area contributed by atoms with Crippen LogP contribution in [0.1, 0.15) is 39.2 Å². The van der Waals surface area contributed by atoms with Crippen molar-refractivity contribution in [2.24, 2.45) is 4.99 Å². The molecule has 1 aliphatic heterocycles. The lowest BCUT2D eigenvalue weighted by Crippen LogP contribution is -2.49. The standard InChI is InChI=1S/C23H38N4O2/c1-7-13-27-14-11-19(12-15-27)26-22(24-8-2)25-17-23(3,4)18-9-10-20(28-5)21(16-18)29-6/h7,9-10,16,19H,1,8,11-15,17H2,2-6H3,(H2,24,25,26). The Morgan fingerprint density at radius 3 is 2.52 bits per heavy atom. The van der Waals surface area contributed by atoms with E-state index >= 15 is 0 Å². The third-order valence-corrected chi connectivity index (χ3v) is 5.46. The summed E-state index contributed by atoms with van der Waals surface area (Å²) >= 11 is 0.